The molecule has 0 atom stereocenters. The van der Waals surface area contributed by atoms with Gasteiger partial charge in [-0.2, -0.15) is 0 Å². The van der Waals surface area contributed by atoms with Crippen molar-refractivity contribution >= 4 is 0 Å². The van der Waals surface area contributed by atoms with Gasteiger partial charge in [0.2, 0.25) is 0 Å². The molecule has 0 aromatic rings. The van der Waals surface area contributed by atoms with E-state index >= 15 is 0 Å². The average molecular weight is 242 g/mol. The van der Waals surface area contributed by atoms with Crippen molar-refractivity contribution in [2.24, 2.45) is 0 Å². The number of nitrogens with zero attached hydrogens (tertiary/aromatic N) is 4. The first-order valence-corrected chi connectivity index (χ1v) is 6.82. The van der Waals surface area contributed by atoms with Crippen molar-refractivity contribution in [2.75, 3.05) is 80.5 Å². The van der Waals surface area contributed by atoms with Gasteiger partial charge < -0.3 is 19.6 Å². The number of likely N-dealkylation sites (N-methyl/N-ethyl adjacent to an activating group) is 4. The fraction of sp³-hybridized carbons (Fsp3) is 1.00. The maximum Gasteiger partial charge on any atom is 0.0107 e. The SMILES string of the molecule is CN1CCCN(C)CCN(C)CCN(C)CC1. The Morgan fingerprint density at radius 1 is 0.412 bits per heavy atom. The third-order valence-electron chi connectivity index (χ3n) is 3.67. The largest absolute Gasteiger partial charge is 0.305 e. The van der Waals surface area contributed by atoms with Gasteiger partial charge in [-0.3, -0.25) is 0 Å². The normalized spacial score (nSPS) is 26.1. The molecule has 0 radical (unpaired) electrons. The van der Waals surface area contributed by atoms with Crippen molar-refractivity contribution in [2.45, 2.75) is 6.42 Å². The van der Waals surface area contributed by atoms with Crippen LogP contribution in [-0.4, -0.2) is 100 Å². The monoisotopic (exact) mass is 242 g/mol. The van der Waals surface area contributed by atoms with Gasteiger partial charge in [0, 0.05) is 39.3 Å². The molecule has 1 fully saturated rings. The summed E-state index contributed by atoms with van der Waals surface area (Å²) < 4.78 is 0. The second kappa shape index (κ2) is 8.03. The van der Waals surface area contributed by atoms with E-state index in [4.69, 9.17) is 0 Å². The topological polar surface area (TPSA) is 13.0 Å². The maximum atomic E-state index is 2.45. The number of rotatable bonds is 0. The molecule has 4 nitrogen and oxygen atoms in total. The zero-order chi connectivity index (χ0) is 12.7. The Morgan fingerprint density at radius 3 is 0.941 bits per heavy atom. The predicted molar refractivity (Wildman–Crippen MR) is 74.6 cm³/mol. The Kier molecular flexibility index (Phi) is 7.04. The molecule has 0 aliphatic carbocycles. The van der Waals surface area contributed by atoms with Crippen molar-refractivity contribution in [3.05, 3.63) is 0 Å². The summed E-state index contributed by atoms with van der Waals surface area (Å²) in [7, 11) is 8.93. The summed E-state index contributed by atoms with van der Waals surface area (Å²) in [5, 5.41) is 0. The minimum Gasteiger partial charge on any atom is -0.305 e. The van der Waals surface area contributed by atoms with Gasteiger partial charge in [0.05, 0.1) is 0 Å². The molecular formula is C13H30N4. The van der Waals surface area contributed by atoms with E-state index in [-0.39, 0.29) is 0 Å². The first-order valence-electron chi connectivity index (χ1n) is 6.82. The quantitative estimate of drug-likeness (QED) is 0.598. The predicted octanol–water partition coefficient (Wildman–Crippen LogP) is 0.117. The Balaban J connectivity index is 2.39. The highest BCUT2D eigenvalue weighted by Crippen LogP contribution is 1.96. The zero-order valence-electron chi connectivity index (χ0n) is 12.2. The fourth-order valence-electron chi connectivity index (χ4n) is 2.08. The van der Waals surface area contributed by atoms with E-state index in [1.165, 1.54) is 58.8 Å². The van der Waals surface area contributed by atoms with Crippen LogP contribution in [0.1, 0.15) is 6.42 Å². The summed E-state index contributed by atoms with van der Waals surface area (Å²) in [6.45, 7) is 9.51. The van der Waals surface area contributed by atoms with Crippen molar-refractivity contribution < 1.29 is 0 Å². The molecule has 0 amide bonds. The summed E-state index contributed by atoms with van der Waals surface area (Å²) in [5.41, 5.74) is 0. The Hall–Kier alpha value is -0.160. The molecule has 4 heteroatoms. The molecule has 0 spiro atoms. The molecule has 0 N–H and O–H groups in total. The highest BCUT2D eigenvalue weighted by molar-refractivity contribution is 4.64. The van der Waals surface area contributed by atoms with Gasteiger partial charge in [-0.25, -0.2) is 0 Å². The lowest BCUT2D eigenvalue weighted by molar-refractivity contribution is 0.225. The smallest absolute Gasteiger partial charge is 0.0107 e. The molecule has 0 aromatic heterocycles. The number of hydrogen-bond acceptors (Lipinski definition) is 4. The van der Waals surface area contributed by atoms with E-state index in [0.717, 1.165) is 0 Å². The third kappa shape index (κ3) is 6.99. The van der Waals surface area contributed by atoms with Gasteiger partial charge in [-0.15, -0.1) is 0 Å². The van der Waals surface area contributed by atoms with Crippen LogP contribution in [0.2, 0.25) is 0 Å². The lowest BCUT2D eigenvalue weighted by Crippen LogP contribution is -2.37. The molecule has 0 bridgehead atoms. The van der Waals surface area contributed by atoms with Crippen molar-refractivity contribution in [3.63, 3.8) is 0 Å². The standard InChI is InChI=1S/C13H30N4/c1-14-6-5-7-15(2)9-11-17(4)13-12-16(3)10-8-14/h5-13H2,1-4H3. The second-order valence-corrected chi connectivity index (χ2v) is 5.57. The van der Waals surface area contributed by atoms with Crippen LogP contribution in [-0.2, 0) is 0 Å². The third-order valence-corrected chi connectivity index (χ3v) is 3.67. The summed E-state index contributed by atoms with van der Waals surface area (Å²) in [6, 6.07) is 0. The summed E-state index contributed by atoms with van der Waals surface area (Å²) >= 11 is 0. The van der Waals surface area contributed by atoms with Crippen LogP contribution in [0.25, 0.3) is 0 Å². The van der Waals surface area contributed by atoms with E-state index < -0.39 is 0 Å². The minimum absolute atomic E-state index is 1.17. The molecule has 1 aliphatic heterocycles. The van der Waals surface area contributed by atoms with Crippen LogP contribution in [0.5, 0.6) is 0 Å². The molecule has 1 rings (SSSR count). The molecule has 0 unspecified atom stereocenters. The van der Waals surface area contributed by atoms with E-state index in [0.29, 0.717) is 0 Å². The molecule has 1 aliphatic rings. The Morgan fingerprint density at radius 2 is 0.647 bits per heavy atom. The van der Waals surface area contributed by atoms with Crippen molar-refractivity contribution in [3.8, 4) is 0 Å². The van der Waals surface area contributed by atoms with Gasteiger partial charge in [-0.05, 0) is 47.7 Å². The van der Waals surface area contributed by atoms with Crippen molar-refractivity contribution in [1.82, 2.24) is 19.6 Å². The van der Waals surface area contributed by atoms with Crippen LogP contribution in [0, 0.1) is 0 Å². The van der Waals surface area contributed by atoms with E-state index in [1.54, 1.807) is 0 Å². The van der Waals surface area contributed by atoms with Crippen LogP contribution >= 0.6 is 0 Å². The zero-order valence-corrected chi connectivity index (χ0v) is 12.2. The summed E-state index contributed by atoms with van der Waals surface area (Å²) in [6.07, 6.45) is 1.28. The van der Waals surface area contributed by atoms with Gasteiger partial charge in [0.25, 0.3) is 0 Å². The van der Waals surface area contributed by atoms with Crippen LogP contribution < -0.4 is 0 Å². The van der Waals surface area contributed by atoms with Crippen molar-refractivity contribution in [1.29, 1.82) is 0 Å². The van der Waals surface area contributed by atoms with E-state index in [2.05, 4.69) is 47.8 Å². The average Bonchev–Trinajstić information content (AvgIpc) is 2.31. The van der Waals surface area contributed by atoms with Crippen LogP contribution in [0.4, 0.5) is 0 Å². The first kappa shape index (κ1) is 14.9. The summed E-state index contributed by atoms with van der Waals surface area (Å²) in [5.74, 6) is 0. The minimum atomic E-state index is 1.17. The van der Waals surface area contributed by atoms with Gasteiger partial charge in [0.1, 0.15) is 0 Å². The van der Waals surface area contributed by atoms with Gasteiger partial charge in [0.15, 0.2) is 0 Å². The first-order chi connectivity index (χ1) is 8.08. The molecule has 1 saturated heterocycles. The lowest BCUT2D eigenvalue weighted by atomic mass is 10.3. The van der Waals surface area contributed by atoms with Gasteiger partial charge >= 0.3 is 0 Å². The molecule has 0 aromatic carbocycles. The Labute approximate surface area is 107 Å². The Bertz CT molecular complexity index is 178. The maximum absolute atomic E-state index is 2.45. The van der Waals surface area contributed by atoms with E-state index in [1.807, 2.05) is 0 Å². The highest BCUT2D eigenvalue weighted by atomic mass is 15.2. The molecule has 1 heterocycles. The van der Waals surface area contributed by atoms with E-state index in [9.17, 15) is 0 Å². The fourth-order valence-corrected chi connectivity index (χ4v) is 2.08. The van der Waals surface area contributed by atoms with Crippen LogP contribution in [0.15, 0.2) is 0 Å². The molecule has 102 valence electrons. The highest BCUT2D eigenvalue weighted by Gasteiger charge is 2.07. The second-order valence-electron chi connectivity index (χ2n) is 5.57. The lowest BCUT2D eigenvalue weighted by Gasteiger charge is -2.24. The summed E-state index contributed by atoms with van der Waals surface area (Å²) in [4.78, 5) is 9.78. The van der Waals surface area contributed by atoms with Gasteiger partial charge in [-0.1, -0.05) is 0 Å². The molecule has 0 saturated carbocycles. The number of hydrogen-bond donors (Lipinski definition) is 0. The molecule has 17 heavy (non-hydrogen) atoms. The van der Waals surface area contributed by atoms with Crippen LogP contribution in [0.3, 0.4) is 0 Å². The molecular weight excluding hydrogens is 212 g/mol.